The molecule has 0 aliphatic carbocycles. The lowest BCUT2D eigenvalue weighted by Crippen LogP contribution is -2.06. The summed E-state index contributed by atoms with van der Waals surface area (Å²) in [5, 5.41) is 6.18. The maximum absolute atomic E-state index is 10.9. The van der Waals surface area contributed by atoms with Gasteiger partial charge in [0.15, 0.2) is 0 Å². The molecule has 0 spiro atoms. The summed E-state index contributed by atoms with van der Waals surface area (Å²) in [6.07, 6.45) is -0.816. The zero-order valence-corrected chi connectivity index (χ0v) is 8.76. The smallest absolute Gasteiger partial charge is 0.444 e. The lowest BCUT2D eigenvalue weighted by molar-refractivity contribution is -0.119. The molecule has 0 fully saturated rings. The van der Waals surface area contributed by atoms with Crippen LogP contribution in [0.15, 0.2) is 10.2 Å². The van der Waals surface area contributed by atoms with Gasteiger partial charge in [-0.1, -0.05) is 5.11 Å². The number of amides is 2. The molecule has 0 aliphatic heterocycles. The number of nitrogens with zero attached hydrogens (tertiary/aromatic N) is 2. The summed E-state index contributed by atoms with van der Waals surface area (Å²) in [6, 6.07) is 0. The van der Waals surface area contributed by atoms with Crippen molar-refractivity contribution in [3.05, 3.63) is 0 Å². The first kappa shape index (κ1) is 13.7. The van der Waals surface area contributed by atoms with Gasteiger partial charge in [0.25, 0.3) is 5.91 Å². The Labute approximate surface area is 87.4 Å². The van der Waals surface area contributed by atoms with Gasteiger partial charge in [-0.05, 0) is 0 Å². The highest BCUT2D eigenvalue weighted by molar-refractivity contribution is 5.78. The van der Waals surface area contributed by atoms with Crippen LogP contribution in [0.1, 0.15) is 6.42 Å². The molecule has 7 heteroatoms. The standard InChI is InChI=1S/C8H14N2O5/c1-13-4-3-7(11)9-10-8(12)15-6-5-14-2/h3-6H2,1-2H3. The summed E-state index contributed by atoms with van der Waals surface area (Å²) < 4.78 is 13.8. The number of methoxy groups -OCH3 is 2. The Morgan fingerprint density at radius 1 is 1.00 bits per heavy atom. The van der Waals surface area contributed by atoms with Crippen molar-refractivity contribution < 1.29 is 23.8 Å². The number of ether oxygens (including phenoxy) is 3. The summed E-state index contributed by atoms with van der Waals surface area (Å²) in [5.74, 6) is -0.527. The molecule has 7 nitrogen and oxygen atoms in total. The van der Waals surface area contributed by atoms with E-state index < -0.39 is 12.0 Å². The van der Waals surface area contributed by atoms with Crippen LogP contribution in [0, 0.1) is 0 Å². The second-order valence-electron chi connectivity index (χ2n) is 2.44. The maximum Gasteiger partial charge on any atom is 0.452 e. The van der Waals surface area contributed by atoms with Crippen molar-refractivity contribution in [1.29, 1.82) is 0 Å². The fraction of sp³-hybridized carbons (Fsp3) is 0.750. The van der Waals surface area contributed by atoms with Gasteiger partial charge < -0.3 is 14.2 Å². The molecule has 0 heterocycles. The van der Waals surface area contributed by atoms with Crippen molar-refractivity contribution in [2.75, 3.05) is 34.0 Å². The summed E-state index contributed by atoms with van der Waals surface area (Å²) in [5.41, 5.74) is 0. The first-order valence-corrected chi connectivity index (χ1v) is 4.30. The Morgan fingerprint density at radius 2 is 1.67 bits per heavy atom. The average Bonchev–Trinajstić information content (AvgIpc) is 2.24. The van der Waals surface area contributed by atoms with Crippen LogP contribution in [0.25, 0.3) is 0 Å². The van der Waals surface area contributed by atoms with Crippen molar-refractivity contribution in [3.8, 4) is 0 Å². The molecular formula is C8H14N2O5. The molecule has 0 aromatic heterocycles. The van der Waals surface area contributed by atoms with Gasteiger partial charge in [0, 0.05) is 14.2 Å². The molecule has 86 valence electrons. The highest BCUT2D eigenvalue weighted by Gasteiger charge is 2.02. The Morgan fingerprint density at radius 3 is 2.27 bits per heavy atom. The van der Waals surface area contributed by atoms with E-state index in [1.807, 2.05) is 0 Å². The number of hydrogen-bond acceptors (Lipinski definition) is 5. The normalized spacial score (nSPS) is 10.5. The molecule has 0 rings (SSSR count). The highest BCUT2D eigenvalue weighted by Crippen LogP contribution is 1.90. The van der Waals surface area contributed by atoms with Crippen LogP contribution in [0.3, 0.4) is 0 Å². The minimum absolute atomic E-state index is 0.0839. The molecule has 0 N–H and O–H groups in total. The molecule has 0 atom stereocenters. The number of azo groups is 1. The summed E-state index contributed by atoms with van der Waals surface area (Å²) >= 11 is 0. The average molecular weight is 218 g/mol. The van der Waals surface area contributed by atoms with E-state index in [1.165, 1.54) is 14.2 Å². The van der Waals surface area contributed by atoms with Crippen LogP contribution >= 0.6 is 0 Å². The van der Waals surface area contributed by atoms with Gasteiger partial charge >= 0.3 is 6.09 Å². The van der Waals surface area contributed by atoms with E-state index in [2.05, 4.69) is 24.4 Å². The summed E-state index contributed by atoms with van der Waals surface area (Å²) in [7, 11) is 2.94. The minimum Gasteiger partial charge on any atom is -0.444 e. The van der Waals surface area contributed by atoms with E-state index in [0.717, 1.165) is 0 Å². The first-order valence-electron chi connectivity index (χ1n) is 4.30. The molecule has 0 radical (unpaired) electrons. The van der Waals surface area contributed by atoms with E-state index in [0.29, 0.717) is 0 Å². The minimum atomic E-state index is -0.905. The molecule has 2 amide bonds. The van der Waals surface area contributed by atoms with E-state index in [4.69, 9.17) is 0 Å². The van der Waals surface area contributed by atoms with Crippen molar-refractivity contribution in [2.24, 2.45) is 10.2 Å². The van der Waals surface area contributed by atoms with Crippen LogP contribution in [0.2, 0.25) is 0 Å². The topological polar surface area (TPSA) is 86.5 Å². The molecular weight excluding hydrogens is 204 g/mol. The summed E-state index contributed by atoms with van der Waals surface area (Å²) in [6.45, 7) is 0.607. The third-order valence-electron chi connectivity index (χ3n) is 1.28. The zero-order chi connectivity index (χ0) is 11.5. The van der Waals surface area contributed by atoms with Crippen molar-refractivity contribution in [3.63, 3.8) is 0 Å². The number of hydrogen-bond donors (Lipinski definition) is 0. The monoisotopic (exact) mass is 218 g/mol. The largest absolute Gasteiger partial charge is 0.452 e. The Bertz CT molecular complexity index is 229. The molecule has 15 heavy (non-hydrogen) atoms. The van der Waals surface area contributed by atoms with E-state index in [9.17, 15) is 9.59 Å². The second-order valence-corrected chi connectivity index (χ2v) is 2.44. The zero-order valence-electron chi connectivity index (χ0n) is 8.76. The molecule has 0 saturated heterocycles. The number of carbonyl (C=O) groups is 2. The quantitative estimate of drug-likeness (QED) is 0.485. The lowest BCUT2D eigenvalue weighted by atomic mass is 10.4. The van der Waals surface area contributed by atoms with Crippen LogP contribution in [0.5, 0.6) is 0 Å². The number of carbonyl (C=O) groups excluding carboxylic acids is 2. The fourth-order valence-electron chi connectivity index (χ4n) is 0.577. The van der Waals surface area contributed by atoms with Gasteiger partial charge in [0.1, 0.15) is 6.61 Å². The van der Waals surface area contributed by atoms with Crippen molar-refractivity contribution in [2.45, 2.75) is 6.42 Å². The SMILES string of the molecule is COCCOC(=O)N=NC(=O)CCOC. The van der Waals surface area contributed by atoms with Crippen LogP contribution in [0.4, 0.5) is 4.79 Å². The van der Waals surface area contributed by atoms with E-state index in [-0.39, 0.29) is 26.2 Å². The predicted octanol–water partition coefficient (Wildman–Crippen LogP) is 0.785. The molecule has 0 unspecified atom stereocenters. The van der Waals surface area contributed by atoms with Gasteiger partial charge in [-0.25, -0.2) is 4.79 Å². The maximum atomic E-state index is 10.9. The molecule has 0 aromatic carbocycles. The van der Waals surface area contributed by atoms with Crippen LogP contribution < -0.4 is 0 Å². The van der Waals surface area contributed by atoms with Gasteiger partial charge in [-0.3, -0.25) is 4.79 Å². The number of rotatable bonds is 6. The molecule has 0 saturated carbocycles. The lowest BCUT2D eigenvalue weighted by Gasteiger charge is -1.97. The van der Waals surface area contributed by atoms with E-state index >= 15 is 0 Å². The Hall–Kier alpha value is -1.34. The second kappa shape index (κ2) is 9.22. The third-order valence-corrected chi connectivity index (χ3v) is 1.28. The third kappa shape index (κ3) is 8.98. The van der Waals surface area contributed by atoms with Gasteiger partial charge in [-0.15, -0.1) is 5.11 Å². The first-order chi connectivity index (χ1) is 7.20. The van der Waals surface area contributed by atoms with Crippen LogP contribution in [-0.4, -0.2) is 46.0 Å². The molecule has 0 aromatic rings. The van der Waals surface area contributed by atoms with E-state index in [1.54, 1.807) is 0 Å². The Kier molecular flexibility index (Phi) is 8.40. The molecule has 0 bridgehead atoms. The van der Waals surface area contributed by atoms with Crippen molar-refractivity contribution >= 4 is 12.0 Å². The predicted molar refractivity (Wildman–Crippen MR) is 49.6 cm³/mol. The van der Waals surface area contributed by atoms with Gasteiger partial charge in [-0.2, -0.15) is 0 Å². The van der Waals surface area contributed by atoms with Crippen molar-refractivity contribution in [1.82, 2.24) is 0 Å². The highest BCUT2D eigenvalue weighted by atomic mass is 16.6. The Balaban J connectivity index is 3.65. The van der Waals surface area contributed by atoms with Crippen LogP contribution in [-0.2, 0) is 19.0 Å². The van der Waals surface area contributed by atoms with Gasteiger partial charge in [0.05, 0.1) is 19.6 Å². The fourth-order valence-corrected chi connectivity index (χ4v) is 0.577. The molecule has 0 aliphatic rings. The summed E-state index contributed by atoms with van der Waals surface area (Å²) in [4.78, 5) is 21.6. The van der Waals surface area contributed by atoms with Gasteiger partial charge in [0.2, 0.25) is 0 Å².